The number of piperidine rings is 1. The Hall–Kier alpha value is -0.500. The van der Waals surface area contributed by atoms with Crippen LogP contribution in [0.1, 0.15) is 23.5 Å². The molecule has 0 unspecified atom stereocenters. The second kappa shape index (κ2) is 5.64. The van der Waals surface area contributed by atoms with Gasteiger partial charge < -0.3 is 5.32 Å². The van der Waals surface area contributed by atoms with E-state index in [1.54, 1.807) is 18.4 Å². The van der Waals surface area contributed by atoms with Gasteiger partial charge in [-0.25, -0.2) is 13.4 Å². The smallest absolute Gasteiger partial charge is 0.217 e. The van der Waals surface area contributed by atoms with Crippen LogP contribution in [0.15, 0.2) is 5.38 Å². The third-order valence-corrected chi connectivity index (χ3v) is 6.33. The normalized spacial score (nSPS) is 18.4. The van der Waals surface area contributed by atoms with E-state index in [2.05, 4.69) is 10.3 Å². The fourth-order valence-electron chi connectivity index (χ4n) is 2.15. The lowest BCUT2D eigenvalue weighted by Gasteiger charge is -2.27. The molecule has 0 amide bonds. The van der Waals surface area contributed by atoms with Gasteiger partial charge in [-0.15, -0.1) is 11.3 Å². The van der Waals surface area contributed by atoms with Crippen molar-refractivity contribution >= 4 is 21.4 Å². The number of nitrogens with zero attached hydrogens (tertiary/aromatic N) is 2. The van der Waals surface area contributed by atoms with Crippen molar-refractivity contribution in [3.05, 3.63) is 16.1 Å². The predicted octanol–water partition coefficient (Wildman–Crippen LogP) is 0.965. The van der Waals surface area contributed by atoms with E-state index in [0.717, 1.165) is 23.8 Å². The quantitative estimate of drug-likeness (QED) is 0.897. The molecule has 0 aromatic carbocycles. The molecule has 1 aliphatic heterocycles. The standard InChI is InChI=1S/C11H19N3O2S2/c1-9-13-10(8-17-9)7-14(2)18(15,16)11-3-5-12-6-4-11/h8,11-12H,3-7H2,1-2H3. The first-order valence-electron chi connectivity index (χ1n) is 6.07. The SMILES string of the molecule is Cc1nc(CN(C)S(=O)(=O)C2CCNCC2)cs1. The van der Waals surface area contributed by atoms with Gasteiger partial charge in [-0.3, -0.25) is 0 Å². The molecule has 1 saturated heterocycles. The van der Waals surface area contributed by atoms with Gasteiger partial charge in [0.2, 0.25) is 10.0 Å². The van der Waals surface area contributed by atoms with Crippen LogP contribution in [0.3, 0.4) is 0 Å². The van der Waals surface area contributed by atoms with Crippen molar-refractivity contribution in [3.63, 3.8) is 0 Å². The van der Waals surface area contributed by atoms with Crippen molar-refractivity contribution < 1.29 is 8.42 Å². The van der Waals surface area contributed by atoms with E-state index in [1.807, 2.05) is 12.3 Å². The summed E-state index contributed by atoms with van der Waals surface area (Å²) in [6.07, 6.45) is 1.39. The fourth-order valence-corrected chi connectivity index (χ4v) is 4.40. The van der Waals surface area contributed by atoms with Gasteiger partial charge in [0.25, 0.3) is 0 Å². The number of hydrogen-bond donors (Lipinski definition) is 1. The molecule has 1 N–H and O–H groups in total. The molecule has 1 aromatic heterocycles. The number of nitrogens with one attached hydrogen (secondary N) is 1. The Morgan fingerprint density at radius 1 is 1.50 bits per heavy atom. The Morgan fingerprint density at radius 3 is 2.72 bits per heavy atom. The van der Waals surface area contributed by atoms with Crippen LogP contribution in [-0.2, 0) is 16.6 Å². The van der Waals surface area contributed by atoms with E-state index in [-0.39, 0.29) is 5.25 Å². The predicted molar refractivity (Wildman–Crippen MR) is 73.1 cm³/mol. The molecule has 1 aromatic rings. The molecule has 1 aliphatic rings. The minimum Gasteiger partial charge on any atom is -0.317 e. The van der Waals surface area contributed by atoms with Gasteiger partial charge >= 0.3 is 0 Å². The topological polar surface area (TPSA) is 62.3 Å². The third kappa shape index (κ3) is 3.09. The molecule has 0 atom stereocenters. The van der Waals surface area contributed by atoms with Crippen LogP contribution in [0.5, 0.6) is 0 Å². The van der Waals surface area contributed by atoms with Gasteiger partial charge in [-0.2, -0.15) is 4.31 Å². The highest BCUT2D eigenvalue weighted by Crippen LogP contribution is 2.19. The number of aromatic nitrogens is 1. The monoisotopic (exact) mass is 289 g/mol. The number of rotatable bonds is 4. The molecule has 0 bridgehead atoms. The number of sulfonamides is 1. The summed E-state index contributed by atoms with van der Waals surface area (Å²) < 4.78 is 26.2. The van der Waals surface area contributed by atoms with Crippen LogP contribution in [0.2, 0.25) is 0 Å². The van der Waals surface area contributed by atoms with Crippen LogP contribution in [0.25, 0.3) is 0 Å². The number of thiazole rings is 1. The zero-order valence-electron chi connectivity index (χ0n) is 10.7. The molecular formula is C11H19N3O2S2. The summed E-state index contributed by atoms with van der Waals surface area (Å²) in [5.74, 6) is 0. The average Bonchev–Trinajstić information content (AvgIpc) is 2.76. The molecule has 5 nitrogen and oxygen atoms in total. The molecule has 2 rings (SSSR count). The molecule has 0 spiro atoms. The first-order chi connectivity index (χ1) is 8.50. The Morgan fingerprint density at radius 2 is 2.17 bits per heavy atom. The maximum Gasteiger partial charge on any atom is 0.217 e. The molecular weight excluding hydrogens is 270 g/mol. The zero-order valence-corrected chi connectivity index (χ0v) is 12.4. The van der Waals surface area contributed by atoms with Gasteiger partial charge in [-0.05, 0) is 32.9 Å². The maximum atomic E-state index is 12.4. The Kier molecular flexibility index (Phi) is 4.37. The zero-order chi connectivity index (χ0) is 13.2. The largest absolute Gasteiger partial charge is 0.317 e. The molecule has 0 radical (unpaired) electrons. The Labute approximate surface area is 112 Å². The van der Waals surface area contributed by atoms with Crippen molar-refractivity contribution in [1.29, 1.82) is 0 Å². The molecule has 0 saturated carbocycles. The number of aryl methyl sites for hydroxylation is 1. The first-order valence-corrected chi connectivity index (χ1v) is 8.45. The van der Waals surface area contributed by atoms with E-state index >= 15 is 0 Å². The molecule has 7 heteroatoms. The van der Waals surface area contributed by atoms with Crippen molar-refractivity contribution in [2.75, 3.05) is 20.1 Å². The molecule has 102 valence electrons. The van der Waals surface area contributed by atoms with E-state index in [4.69, 9.17) is 0 Å². The van der Waals surface area contributed by atoms with Crippen LogP contribution in [0, 0.1) is 6.92 Å². The summed E-state index contributed by atoms with van der Waals surface area (Å²) in [5.41, 5.74) is 0.831. The van der Waals surface area contributed by atoms with Gasteiger partial charge in [0.05, 0.1) is 22.5 Å². The average molecular weight is 289 g/mol. The highest BCUT2D eigenvalue weighted by Gasteiger charge is 2.31. The Bertz CT molecular complexity index is 492. The highest BCUT2D eigenvalue weighted by molar-refractivity contribution is 7.89. The Balaban J connectivity index is 2.04. The van der Waals surface area contributed by atoms with Crippen molar-refractivity contribution in [3.8, 4) is 0 Å². The van der Waals surface area contributed by atoms with Crippen molar-refractivity contribution in [2.24, 2.45) is 0 Å². The van der Waals surface area contributed by atoms with Crippen LogP contribution >= 0.6 is 11.3 Å². The lowest BCUT2D eigenvalue weighted by Crippen LogP contribution is -2.42. The summed E-state index contributed by atoms with van der Waals surface area (Å²) in [7, 11) is -1.55. The second-order valence-electron chi connectivity index (χ2n) is 4.61. The minimum atomic E-state index is -3.19. The summed E-state index contributed by atoms with van der Waals surface area (Å²) in [6.45, 7) is 3.87. The van der Waals surface area contributed by atoms with E-state index < -0.39 is 10.0 Å². The van der Waals surface area contributed by atoms with Gasteiger partial charge in [-0.1, -0.05) is 0 Å². The lowest BCUT2D eigenvalue weighted by molar-refractivity contribution is 0.426. The van der Waals surface area contributed by atoms with Gasteiger partial charge in [0.15, 0.2) is 0 Å². The summed E-state index contributed by atoms with van der Waals surface area (Å²) in [5, 5.41) is 5.83. The van der Waals surface area contributed by atoms with Crippen LogP contribution < -0.4 is 5.32 Å². The molecule has 0 aliphatic carbocycles. The summed E-state index contributed by atoms with van der Waals surface area (Å²) in [4.78, 5) is 4.31. The van der Waals surface area contributed by atoms with Gasteiger partial charge in [0, 0.05) is 12.4 Å². The van der Waals surface area contributed by atoms with Crippen molar-refractivity contribution in [1.82, 2.24) is 14.6 Å². The highest BCUT2D eigenvalue weighted by atomic mass is 32.2. The molecule has 18 heavy (non-hydrogen) atoms. The van der Waals surface area contributed by atoms with Crippen molar-refractivity contribution in [2.45, 2.75) is 31.6 Å². The van der Waals surface area contributed by atoms with Crippen LogP contribution in [-0.4, -0.2) is 43.1 Å². The van der Waals surface area contributed by atoms with E-state index in [0.29, 0.717) is 19.4 Å². The summed E-state index contributed by atoms with van der Waals surface area (Å²) in [6, 6.07) is 0. The second-order valence-corrected chi connectivity index (χ2v) is 7.99. The fraction of sp³-hybridized carbons (Fsp3) is 0.727. The molecule has 2 heterocycles. The van der Waals surface area contributed by atoms with E-state index in [9.17, 15) is 8.42 Å². The number of hydrogen-bond acceptors (Lipinski definition) is 5. The lowest BCUT2D eigenvalue weighted by atomic mass is 10.2. The maximum absolute atomic E-state index is 12.4. The van der Waals surface area contributed by atoms with E-state index in [1.165, 1.54) is 4.31 Å². The summed E-state index contributed by atoms with van der Waals surface area (Å²) >= 11 is 1.55. The van der Waals surface area contributed by atoms with Crippen LogP contribution in [0.4, 0.5) is 0 Å². The molecule has 1 fully saturated rings. The first kappa shape index (κ1) is 13.9. The van der Waals surface area contributed by atoms with Gasteiger partial charge in [0.1, 0.15) is 0 Å². The minimum absolute atomic E-state index is 0.247. The third-order valence-electron chi connectivity index (χ3n) is 3.19.